The van der Waals surface area contributed by atoms with Crippen molar-refractivity contribution in [3.05, 3.63) is 64.7 Å². The lowest BCUT2D eigenvalue weighted by atomic mass is 10.1. The van der Waals surface area contributed by atoms with Crippen LogP contribution in [0.5, 0.6) is 0 Å². The topological polar surface area (TPSA) is 55.5 Å². The zero-order valence-corrected chi connectivity index (χ0v) is 11.2. The third-order valence-corrected chi connectivity index (χ3v) is 3.18. The van der Waals surface area contributed by atoms with Crippen LogP contribution in [0.15, 0.2) is 48.5 Å². The summed E-state index contributed by atoms with van der Waals surface area (Å²) in [6.07, 6.45) is -0.664. The van der Waals surface area contributed by atoms with Crippen molar-refractivity contribution in [3.63, 3.8) is 0 Å². The zero-order valence-electron chi connectivity index (χ0n) is 10.4. The highest BCUT2D eigenvalue weighted by Gasteiger charge is 2.08. The number of nitrogen functional groups attached to an aromatic ring is 1. The molecule has 0 saturated heterocycles. The maximum atomic E-state index is 9.96. The fourth-order valence-corrected chi connectivity index (χ4v) is 1.90. The van der Waals surface area contributed by atoms with Gasteiger partial charge in [0.2, 0.25) is 0 Å². The van der Waals surface area contributed by atoms with Crippen molar-refractivity contribution in [1.82, 2.24) is 0 Å². The van der Waals surface area contributed by atoms with Gasteiger partial charge < -0.3 is 15.6 Å². The summed E-state index contributed by atoms with van der Waals surface area (Å²) >= 11 is 6.02. The minimum Gasteiger partial charge on any atom is -0.399 e. The molecule has 2 rings (SSSR count). The number of benzene rings is 2. The van der Waals surface area contributed by atoms with E-state index < -0.39 is 6.10 Å². The number of hydrogen-bond acceptors (Lipinski definition) is 3. The first-order valence-electron chi connectivity index (χ1n) is 6.01. The van der Waals surface area contributed by atoms with Crippen LogP contribution in [0, 0.1) is 0 Å². The Morgan fingerprint density at radius 1 is 1.11 bits per heavy atom. The minimum atomic E-state index is -0.664. The molecule has 2 aromatic rings. The van der Waals surface area contributed by atoms with Crippen molar-refractivity contribution in [2.45, 2.75) is 12.7 Å². The number of ether oxygens (including phenoxy) is 1. The Kier molecular flexibility index (Phi) is 4.80. The highest BCUT2D eigenvalue weighted by molar-refractivity contribution is 6.31. The summed E-state index contributed by atoms with van der Waals surface area (Å²) in [7, 11) is 0. The fourth-order valence-electron chi connectivity index (χ4n) is 1.71. The molecule has 100 valence electrons. The molecule has 0 bridgehead atoms. The van der Waals surface area contributed by atoms with Gasteiger partial charge in [0.1, 0.15) is 6.10 Å². The maximum Gasteiger partial charge on any atom is 0.102 e. The first-order valence-corrected chi connectivity index (χ1v) is 6.39. The molecule has 3 N–H and O–H groups in total. The summed E-state index contributed by atoms with van der Waals surface area (Å²) in [5.74, 6) is 0. The summed E-state index contributed by atoms with van der Waals surface area (Å²) in [6.45, 7) is 0.598. The number of aliphatic hydroxyl groups is 1. The van der Waals surface area contributed by atoms with Gasteiger partial charge in [-0.15, -0.1) is 0 Å². The van der Waals surface area contributed by atoms with Crippen molar-refractivity contribution in [2.24, 2.45) is 0 Å². The number of nitrogens with two attached hydrogens (primary N) is 1. The molecule has 0 aliphatic carbocycles. The predicted molar refractivity (Wildman–Crippen MR) is 76.9 cm³/mol. The van der Waals surface area contributed by atoms with E-state index in [-0.39, 0.29) is 6.61 Å². The fraction of sp³-hybridized carbons (Fsp3) is 0.200. The van der Waals surface area contributed by atoms with E-state index in [0.717, 1.165) is 11.1 Å². The second-order valence-electron chi connectivity index (χ2n) is 4.29. The molecule has 0 heterocycles. The number of halogens is 1. The van der Waals surface area contributed by atoms with E-state index in [1.165, 1.54) is 0 Å². The van der Waals surface area contributed by atoms with Crippen molar-refractivity contribution >= 4 is 17.3 Å². The highest BCUT2D eigenvalue weighted by Crippen LogP contribution is 2.18. The van der Waals surface area contributed by atoms with Crippen molar-refractivity contribution in [3.8, 4) is 0 Å². The Bertz CT molecular complexity index is 528. The Morgan fingerprint density at radius 2 is 1.79 bits per heavy atom. The van der Waals surface area contributed by atoms with Crippen molar-refractivity contribution in [2.75, 3.05) is 12.3 Å². The lowest BCUT2D eigenvalue weighted by molar-refractivity contribution is 0.0277. The summed E-state index contributed by atoms with van der Waals surface area (Å²) in [6, 6.07) is 14.6. The van der Waals surface area contributed by atoms with Gasteiger partial charge in [0.15, 0.2) is 0 Å². The molecule has 2 aromatic carbocycles. The number of hydrogen-bond donors (Lipinski definition) is 2. The highest BCUT2D eigenvalue weighted by atomic mass is 35.5. The molecule has 0 spiro atoms. The monoisotopic (exact) mass is 277 g/mol. The van der Waals surface area contributed by atoms with Crippen molar-refractivity contribution in [1.29, 1.82) is 0 Å². The second kappa shape index (κ2) is 6.57. The average Bonchev–Trinajstić information content (AvgIpc) is 2.41. The first-order chi connectivity index (χ1) is 9.16. The van der Waals surface area contributed by atoms with Gasteiger partial charge in [0, 0.05) is 10.7 Å². The van der Waals surface area contributed by atoms with Crippen LogP contribution >= 0.6 is 11.6 Å². The molecule has 0 fully saturated rings. The maximum absolute atomic E-state index is 9.96. The Balaban J connectivity index is 1.86. The van der Waals surface area contributed by atoms with Gasteiger partial charge in [-0.1, -0.05) is 41.9 Å². The number of rotatable bonds is 5. The second-order valence-corrected chi connectivity index (χ2v) is 4.70. The molecule has 0 aliphatic rings. The summed E-state index contributed by atoms with van der Waals surface area (Å²) < 4.78 is 5.48. The quantitative estimate of drug-likeness (QED) is 0.826. The standard InChI is InChI=1S/C15H16ClNO2/c16-14-4-2-1-3-12(14)9-19-10-15(18)11-5-7-13(17)8-6-11/h1-8,15,18H,9-10,17H2. The van der Waals surface area contributed by atoms with E-state index in [0.29, 0.717) is 17.3 Å². The van der Waals surface area contributed by atoms with Crippen molar-refractivity contribution < 1.29 is 9.84 Å². The SMILES string of the molecule is Nc1ccc(C(O)COCc2ccccc2Cl)cc1. The van der Waals surface area contributed by atoms with E-state index in [9.17, 15) is 5.11 Å². The molecule has 0 aromatic heterocycles. The summed E-state index contributed by atoms with van der Waals surface area (Å²) in [4.78, 5) is 0. The van der Waals surface area contributed by atoms with Crippen LogP contribution in [0.3, 0.4) is 0 Å². The number of aliphatic hydroxyl groups excluding tert-OH is 1. The van der Waals surface area contributed by atoms with Gasteiger partial charge in [0.05, 0.1) is 13.2 Å². The molecule has 0 aliphatic heterocycles. The zero-order chi connectivity index (χ0) is 13.7. The number of anilines is 1. The van der Waals surface area contributed by atoms with Gasteiger partial charge in [-0.05, 0) is 29.3 Å². The van der Waals surface area contributed by atoms with E-state index >= 15 is 0 Å². The van der Waals surface area contributed by atoms with E-state index in [1.54, 1.807) is 24.3 Å². The molecular weight excluding hydrogens is 262 g/mol. The third-order valence-electron chi connectivity index (χ3n) is 2.81. The molecule has 0 saturated carbocycles. The molecule has 1 atom stereocenters. The lowest BCUT2D eigenvalue weighted by Gasteiger charge is -2.12. The smallest absolute Gasteiger partial charge is 0.102 e. The molecule has 4 heteroatoms. The van der Waals surface area contributed by atoms with Crippen LogP contribution in [0.25, 0.3) is 0 Å². The molecule has 1 unspecified atom stereocenters. The van der Waals surface area contributed by atoms with Crippen LogP contribution in [-0.2, 0) is 11.3 Å². The molecule has 19 heavy (non-hydrogen) atoms. The van der Waals surface area contributed by atoms with E-state index in [2.05, 4.69) is 0 Å². The Morgan fingerprint density at radius 3 is 2.47 bits per heavy atom. The lowest BCUT2D eigenvalue weighted by Crippen LogP contribution is -2.07. The van der Waals surface area contributed by atoms with Gasteiger partial charge >= 0.3 is 0 Å². The third kappa shape index (κ3) is 3.96. The summed E-state index contributed by atoms with van der Waals surface area (Å²) in [5, 5.41) is 10.6. The van der Waals surface area contributed by atoms with Gasteiger partial charge in [-0.2, -0.15) is 0 Å². The van der Waals surface area contributed by atoms with Gasteiger partial charge in [0.25, 0.3) is 0 Å². The normalized spacial score (nSPS) is 12.3. The van der Waals surface area contributed by atoms with Crippen LogP contribution in [0.2, 0.25) is 5.02 Å². The van der Waals surface area contributed by atoms with Crippen LogP contribution in [0.1, 0.15) is 17.2 Å². The first kappa shape index (κ1) is 13.9. The molecule has 0 amide bonds. The minimum absolute atomic E-state index is 0.217. The largest absolute Gasteiger partial charge is 0.399 e. The predicted octanol–water partition coefficient (Wildman–Crippen LogP) is 3.17. The summed E-state index contributed by atoms with van der Waals surface area (Å²) in [5.41, 5.74) is 7.96. The van der Waals surface area contributed by atoms with E-state index in [4.69, 9.17) is 22.1 Å². The Labute approximate surface area is 117 Å². The van der Waals surface area contributed by atoms with E-state index in [1.807, 2.05) is 24.3 Å². The van der Waals surface area contributed by atoms with Gasteiger partial charge in [-0.3, -0.25) is 0 Å². The van der Waals surface area contributed by atoms with Crippen LogP contribution in [0.4, 0.5) is 5.69 Å². The average molecular weight is 278 g/mol. The molecule has 0 radical (unpaired) electrons. The van der Waals surface area contributed by atoms with Crippen LogP contribution in [-0.4, -0.2) is 11.7 Å². The molecular formula is C15H16ClNO2. The molecule has 3 nitrogen and oxygen atoms in total. The van der Waals surface area contributed by atoms with Crippen LogP contribution < -0.4 is 5.73 Å². The van der Waals surface area contributed by atoms with Gasteiger partial charge in [-0.25, -0.2) is 0 Å². The Hall–Kier alpha value is -1.55.